The zero-order valence-electron chi connectivity index (χ0n) is 10.5. The minimum absolute atomic E-state index is 0.238. The van der Waals surface area contributed by atoms with Crippen molar-refractivity contribution in [3.63, 3.8) is 0 Å². The average Bonchev–Trinajstić information content (AvgIpc) is 2.91. The van der Waals surface area contributed by atoms with E-state index in [1.807, 2.05) is 6.92 Å². The number of nitrogens with one attached hydrogen (secondary N) is 1. The van der Waals surface area contributed by atoms with Crippen LogP contribution in [0.3, 0.4) is 0 Å². The molecule has 1 amide bonds. The third kappa shape index (κ3) is 3.13. The number of amides is 1. The molecule has 1 heterocycles. The van der Waals surface area contributed by atoms with Gasteiger partial charge in [-0.15, -0.1) is 0 Å². The van der Waals surface area contributed by atoms with Gasteiger partial charge < -0.3 is 11.1 Å². The Bertz CT molecular complexity index is 568. The standard InChI is InChI=1S/C13H15ClN4O/c1-2-10(15)13(19)17-11-8-9(14)4-5-12(11)18-7-3-6-16-18/h3-8,10H,2,15H2,1H3,(H,17,19)/t10-/m0/s1. The van der Waals surface area contributed by atoms with Crippen molar-refractivity contribution in [2.75, 3.05) is 5.32 Å². The maximum Gasteiger partial charge on any atom is 0.241 e. The van der Waals surface area contributed by atoms with Crippen molar-refractivity contribution in [2.45, 2.75) is 19.4 Å². The fourth-order valence-electron chi connectivity index (χ4n) is 1.63. The zero-order chi connectivity index (χ0) is 13.8. The van der Waals surface area contributed by atoms with Crippen LogP contribution in [-0.4, -0.2) is 21.7 Å². The van der Waals surface area contributed by atoms with Gasteiger partial charge in [0.25, 0.3) is 0 Å². The number of halogens is 1. The van der Waals surface area contributed by atoms with E-state index in [0.717, 1.165) is 5.69 Å². The van der Waals surface area contributed by atoms with Crippen molar-refractivity contribution in [2.24, 2.45) is 5.73 Å². The Morgan fingerprint density at radius 3 is 3.00 bits per heavy atom. The van der Waals surface area contributed by atoms with Crippen LogP contribution in [0.5, 0.6) is 0 Å². The molecule has 2 aromatic rings. The lowest BCUT2D eigenvalue weighted by molar-refractivity contribution is -0.117. The number of nitrogens with two attached hydrogens (primary N) is 1. The lowest BCUT2D eigenvalue weighted by atomic mass is 10.2. The van der Waals surface area contributed by atoms with Crippen LogP contribution in [0.4, 0.5) is 5.69 Å². The lowest BCUT2D eigenvalue weighted by Crippen LogP contribution is -2.35. The summed E-state index contributed by atoms with van der Waals surface area (Å²) in [6.07, 6.45) is 4.03. The second-order valence-corrected chi connectivity index (χ2v) is 4.55. The van der Waals surface area contributed by atoms with Crippen LogP contribution in [0.1, 0.15) is 13.3 Å². The van der Waals surface area contributed by atoms with Crippen molar-refractivity contribution in [3.05, 3.63) is 41.7 Å². The molecule has 2 rings (SSSR count). The quantitative estimate of drug-likeness (QED) is 0.900. The monoisotopic (exact) mass is 278 g/mol. The number of carbonyl (C=O) groups is 1. The first-order chi connectivity index (χ1) is 9.11. The van der Waals surface area contributed by atoms with E-state index < -0.39 is 6.04 Å². The normalized spacial score (nSPS) is 12.2. The zero-order valence-corrected chi connectivity index (χ0v) is 11.3. The van der Waals surface area contributed by atoms with Crippen molar-refractivity contribution in [3.8, 4) is 5.69 Å². The molecular weight excluding hydrogens is 264 g/mol. The van der Waals surface area contributed by atoms with Crippen molar-refractivity contribution >= 4 is 23.2 Å². The highest BCUT2D eigenvalue weighted by Crippen LogP contribution is 2.24. The molecule has 0 unspecified atom stereocenters. The topological polar surface area (TPSA) is 72.9 Å². The second kappa shape index (κ2) is 5.86. The van der Waals surface area contributed by atoms with Crippen LogP contribution < -0.4 is 11.1 Å². The summed E-state index contributed by atoms with van der Waals surface area (Å²) in [4.78, 5) is 11.9. The Hall–Kier alpha value is -1.85. The van der Waals surface area contributed by atoms with E-state index in [2.05, 4.69) is 10.4 Å². The number of carbonyl (C=O) groups excluding carboxylic acids is 1. The number of hydrogen-bond donors (Lipinski definition) is 2. The van der Waals surface area contributed by atoms with Gasteiger partial charge in [0.15, 0.2) is 0 Å². The van der Waals surface area contributed by atoms with E-state index in [-0.39, 0.29) is 5.91 Å². The third-order valence-corrected chi connectivity index (χ3v) is 2.98. The van der Waals surface area contributed by atoms with E-state index in [9.17, 15) is 4.79 Å². The number of anilines is 1. The molecule has 0 aliphatic rings. The first kappa shape index (κ1) is 13.6. The van der Waals surface area contributed by atoms with Gasteiger partial charge >= 0.3 is 0 Å². The van der Waals surface area contributed by atoms with Gasteiger partial charge in [-0.3, -0.25) is 4.79 Å². The highest BCUT2D eigenvalue weighted by atomic mass is 35.5. The highest BCUT2D eigenvalue weighted by Gasteiger charge is 2.14. The fourth-order valence-corrected chi connectivity index (χ4v) is 1.80. The van der Waals surface area contributed by atoms with E-state index in [1.54, 1.807) is 41.3 Å². The molecule has 0 aliphatic heterocycles. The van der Waals surface area contributed by atoms with Crippen molar-refractivity contribution < 1.29 is 4.79 Å². The largest absolute Gasteiger partial charge is 0.323 e. The number of aromatic nitrogens is 2. The molecule has 0 saturated heterocycles. The molecule has 5 nitrogen and oxygen atoms in total. The van der Waals surface area contributed by atoms with Crippen LogP contribution >= 0.6 is 11.6 Å². The smallest absolute Gasteiger partial charge is 0.241 e. The minimum atomic E-state index is -0.538. The predicted molar refractivity (Wildman–Crippen MR) is 75.5 cm³/mol. The van der Waals surface area contributed by atoms with Crippen molar-refractivity contribution in [1.29, 1.82) is 0 Å². The highest BCUT2D eigenvalue weighted by molar-refractivity contribution is 6.31. The molecule has 6 heteroatoms. The maximum absolute atomic E-state index is 11.9. The van der Waals surface area contributed by atoms with Gasteiger partial charge in [-0.25, -0.2) is 4.68 Å². The van der Waals surface area contributed by atoms with Gasteiger partial charge in [0.2, 0.25) is 5.91 Å². The van der Waals surface area contributed by atoms with E-state index in [1.165, 1.54) is 0 Å². The first-order valence-electron chi connectivity index (χ1n) is 5.98. The summed E-state index contributed by atoms with van der Waals surface area (Å²) in [6.45, 7) is 1.86. The summed E-state index contributed by atoms with van der Waals surface area (Å²) >= 11 is 5.96. The number of hydrogen-bond acceptors (Lipinski definition) is 3. The predicted octanol–water partition coefficient (Wildman–Crippen LogP) is 2.20. The van der Waals surface area contributed by atoms with Gasteiger partial charge in [0.1, 0.15) is 0 Å². The van der Waals surface area contributed by atoms with Gasteiger partial charge in [-0.1, -0.05) is 18.5 Å². The van der Waals surface area contributed by atoms with Crippen molar-refractivity contribution in [1.82, 2.24) is 9.78 Å². The van der Waals surface area contributed by atoms with Gasteiger partial charge in [-0.2, -0.15) is 5.10 Å². The second-order valence-electron chi connectivity index (χ2n) is 4.12. The van der Waals surface area contributed by atoms with Crippen LogP contribution in [0.25, 0.3) is 5.69 Å². The summed E-state index contributed by atoms with van der Waals surface area (Å²) in [5.41, 5.74) is 7.03. The van der Waals surface area contributed by atoms with E-state index in [4.69, 9.17) is 17.3 Å². The minimum Gasteiger partial charge on any atom is -0.323 e. The number of benzene rings is 1. The van der Waals surface area contributed by atoms with Gasteiger partial charge in [0.05, 0.1) is 17.4 Å². The third-order valence-electron chi connectivity index (χ3n) is 2.74. The van der Waals surface area contributed by atoms with Crippen LogP contribution in [0.15, 0.2) is 36.7 Å². The summed E-state index contributed by atoms with van der Waals surface area (Å²) < 4.78 is 1.66. The molecule has 1 atom stereocenters. The average molecular weight is 279 g/mol. The number of rotatable bonds is 4. The van der Waals surface area contributed by atoms with E-state index in [0.29, 0.717) is 17.1 Å². The summed E-state index contributed by atoms with van der Waals surface area (Å²) in [5, 5.41) is 7.46. The van der Waals surface area contributed by atoms with Gasteiger partial charge in [0, 0.05) is 17.4 Å². The molecule has 3 N–H and O–H groups in total. The molecule has 0 bridgehead atoms. The van der Waals surface area contributed by atoms with Gasteiger partial charge in [-0.05, 0) is 30.7 Å². The fraction of sp³-hybridized carbons (Fsp3) is 0.231. The lowest BCUT2D eigenvalue weighted by Gasteiger charge is -2.14. The Balaban J connectivity index is 2.33. The Morgan fingerprint density at radius 1 is 1.58 bits per heavy atom. The SMILES string of the molecule is CC[C@H](N)C(=O)Nc1cc(Cl)ccc1-n1cccn1. The first-order valence-corrected chi connectivity index (χ1v) is 6.35. The molecule has 0 saturated carbocycles. The number of nitrogens with zero attached hydrogens (tertiary/aromatic N) is 2. The molecule has 1 aromatic heterocycles. The molecular formula is C13H15ClN4O. The van der Waals surface area contributed by atoms with Crippen LogP contribution in [0, 0.1) is 0 Å². The molecule has 0 fully saturated rings. The Morgan fingerprint density at radius 2 is 2.37 bits per heavy atom. The molecule has 0 radical (unpaired) electrons. The molecule has 0 aliphatic carbocycles. The van der Waals surface area contributed by atoms with E-state index >= 15 is 0 Å². The Kier molecular flexibility index (Phi) is 4.19. The molecule has 1 aromatic carbocycles. The van der Waals surface area contributed by atoms with Crippen LogP contribution in [0.2, 0.25) is 5.02 Å². The van der Waals surface area contributed by atoms with Crippen LogP contribution in [-0.2, 0) is 4.79 Å². The summed E-state index contributed by atoms with van der Waals surface area (Å²) in [6, 6.07) is 6.48. The summed E-state index contributed by atoms with van der Waals surface area (Å²) in [7, 11) is 0. The summed E-state index contributed by atoms with van der Waals surface area (Å²) in [5.74, 6) is -0.238. The molecule has 0 spiro atoms. The molecule has 19 heavy (non-hydrogen) atoms. The maximum atomic E-state index is 11.9. The molecule has 100 valence electrons. The Labute approximate surface area is 116 Å².